The zero-order valence-corrected chi connectivity index (χ0v) is 19.8. The quantitative estimate of drug-likeness (QED) is 0.149. The van der Waals surface area contributed by atoms with Crippen LogP contribution in [0.3, 0.4) is 0 Å². The van der Waals surface area contributed by atoms with Gasteiger partial charge >= 0.3 is 0 Å². The van der Waals surface area contributed by atoms with Crippen LogP contribution in [0.2, 0.25) is 0 Å². The first-order chi connectivity index (χ1) is 17.4. The van der Waals surface area contributed by atoms with E-state index in [1.165, 1.54) is 29.2 Å². The van der Waals surface area contributed by atoms with Gasteiger partial charge in [-0.2, -0.15) is 0 Å². The number of amides is 1. The molecule has 8 heteroatoms. The van der Waals surface area contributed by atoms with Crippen molar-refractivity contribution in [3.63, 3.8) is 0 Å². The number of nitro groups is 1. The molecule has 1 aliphatic heterocycles. The topological polar surface area (TPSA) is 110 Å². The third-order valence-corrected chi connectivity index (χ3v) is 6.04. The van der Waals surface area contributed by atoms with Crippen LogP contribution in [0.1, 0.15) is 36.1 Å². The first kappa shape index (κ1) is 24.7. The van der Waals surface area contributed by atoms with Crippen molar-refractivity contribution in [2.75, 3.05) is 13.2 Å². The number of carbonyl (C=O) groups is 2. The second-order valence-corrected chi connectivity index (χ2v) is 8.45. The van der Waals surface area contributed by atoms with Crippen LogP contribution in [0.15, 0.2) is 84.4 Å². The minimum absolute atomic E-state index is 0.0517. The lowest BCUT2D eigenvalue weighted by atomic mass is 9.95. The van der Waals surface area contributed by atoms with E-state index < -0.39 is 22.7 Å². The molecule has 1 heterocycles. The summed E-state index contributed by atoms with van der Waals surface area (Å²) in [5.41, 5.74) is 1.69. The molecule has 8 nitrogen and oxygen atoms in total. The smallest absolute Gasteiger partial charge is 0.295 e. The number of non-ortho nitro benzene ring substituents is 1. The maximum atomic E-state index is 13.2. The fraction of sp³-hybridized carbons (Fsp3) is 0.214. The van der Waals surface area contributed by atoms with Gasteiger partial charge in [0.1, 0.15) is 11.5 Å². The summed E-state index contributed by atoms with van der Waals surface area (Å²) >= 11 is 0. The van der Waals surface area contributed by atoms with Gasteiger partial charge in [0.15, 0.2) is 0 Å². The van der Waals surface area contributed by atoms with Gasteiger partial charge in [0.05, 0.1) is 23.1 Å². The Kier molecular flexibility index (Phi) is 7.44. The van der Waals surface area contributed by atoms with Gasteiger partial charge in [-0.25, -0.2) is 0 Å². The molecule has 0 aromatic heterocycles. The second-order valence-electron chi connectivity index (χ2n) is 8.45. The zero-order chi connectivity index (χ0) is 25.7. The molecule has 1 N–H and O–H groups in total. The Hall–Kier alpha value is -4.46. The standard InChI is InChI=1S/C28H26N2O6/c1-2-18-36-23-14-10-21(11-15-23)26(31)24-25(20-8-12-22(13-9-20)30(34)35)29(28(33)27(24)32)17-16-19-6-4-3-5-7-19/h3-15,25,31H,2,16-18H2,1H3/b26-24+. The Morgan fingerprint density at radius 3 is 2.28 bits per heavy atom. The normalized spacial score (nSPS) is 16.8. The van der Waals surface area contributed by atoms with Crippen LogP contribution in [-0.4, -0.2) is 39.8 Å². The van der Waals surface area contributed by atoms with Crippen molar-refractivity contribution in [1.29, 1.82) is 0 Å². The van der Waals surface area contributed by atoms with Gasteiger partial charge < -0.3 is 14.7 Å². The number of benzene rings is 3. The third-order valence-electron chi connectivity index (χ3n) is 6.04. The van der Waals surface area contributed by atoms with Crippen molar-refractivity contribution in [2.24, 2.45) is 0 Å². The molecule has 1 atom stereocenters. The van der Waals surface area contributed by atoms with E-state index in [1.807, 2.05) is 37.3 Å². The number of aliphatic hydroxyl groups excluding tert-OH is 1. The maximum Gasteiger partial charge on any atom is 0.295 e. The number of ketones is 1. The van der Waals surface area contributed by atoms with Gasteiger partial charge in [0.2, 0.25) is 0 Å². The molecular weight excluding hydrogens is 460 g/mol. The molecule has 36 heavy (non-hydrogen) atoms. The molecular formula is C28H26N2O6. The summed E-state index contributed by atoms with van der Waals surface area (Å²) in [5.74, 6) is -1.20. The molecule has 4 rings (SSSR count). The fourth-order valence-electron chi connectivity index (χ4n) is 4.21. The summed E-state index contributed by atoms with van der Waals surface area (Å²) in [7, 11) is 0. The van der Waals surface area contributed by atoms with Crippen LogP contribution in [0.25, 0.3) is 5.76 Å². The highest BCUT2D eigenvalue weighted by molar-refractivity contribution is 6.46. The average Bonchev–Trinajstić information content (AvgIpc) is 3.16. The van der Waals surface area contributed by atoms with E-state index in [1.54, 1.807) is 24.3 Å². The minimum Gasteiger partial charge on any atom is -0.507 e. The average molecular weight is 487 g/mol. The Morgan fingerprint density at radius 2 is 1.67 bits per heavy atom. The van der Waals surface area contributed by atoms with Crippen LogP contribution in [0.5, 0.6) is 5.75 Å². The lowest BCUT2D eigenvalue weighted by Crippen LogP contribution is -2.31. The van der Waals surface area contributed by atoms with Crippen LogP contribution < -0.4 is 4.74 Å². The Morgan fingerprint density at radius 1 is 1.00 bits per heavy atom. The molecule has 0 radical (unpaired) electrons. The number of likely N-dealkylation sites (tertiary alicyclic amines) is 1. The van der Waals surface area contributed by atoms with E-state index in [9.17, 15) is 24.8 Å². The number of Topliss-reactive ketones (excluding diaryl/α,β-unsaturated/α-hetero) is 1. The molecule has 0 aliphatic carbocycles. The molecule has 3 aromatic rings. The predicted molar refractivity (Wildman–Crippen MR) is 134 cm³/mol. The van der Waals surface area contributed by atoms with Crippen molar-refractivity contribution < 1.29 is 24.4 Å². The zero-order valence-electron chi connectivity index (χ0n) is 19.8. The van der Waals surface area contributed by atoms with Gasteiger partial charge in [0.25, 0.3) is 17.4 Å². The number of hydrogen-bond donors (Lipinski definition) is 1. The molecule has 0 saturated carbocycles. The number of ether oxygens (including phenoxy) is 1. The molecule has 1 fully saturated rings. The monoisotopic (exact) mass is 486 g/mol. The maximum absolute atomic E-state index is 13.2. The van der Waals surface area contributed by atoms with Gasteiger partial charge in [-0.15, -0.1) is 0 Å². The van der Waals surface area contributed by atoms with Crippen molar-refractivity contribution in [2.45, 2.75) is 25.8 Å². The van der Waals surface area contributed by atoms with Gasteiger partial charge in [0, 0.05) is 24.2 Å². The first-order valence-electron chi connectivity index (χ1n) is 11.7. The summed E-state index contributed by atoms with van der Waals surface area (Å²) in [6.07, 6.45) is 1.35. The summed E-state index contributed by atoms with van der Waals surface area (Å²) < 4.78 is 5.58. The van der Waals surface area contributed by atoms with Crippen LogP contribution in [0, 0.1) is 10.1 Å². The van der Waals surface area contributed by atoms with Gasteiger partial charge in [-0.3, -0.25) is 19.7 Å². The van der Waals surface area contributed by atoms with E-state index in [0.717, 1.165) is 12.0 Å². The SMILES string of the molecule is CCCOc1ccc(/C(O)=C2\C(=O)C(=O)N(CCc3ccccc3)C2c2ccc([N+](=O)[O-])cc2)cc1. The Bertz CT molecular complexity index is 1280. The van der Waals surface area contributed by atoms with E-state index in [0.29, 0.717) is 29.9 Å². The number of nitrogens with zero attached hydrogens (tertiary/aromatic N) is 2. The largest absolute Gasteiger partial charge is 0.507 e. The van der Waals surface area contributed by atoms with Crippen LogP contribution in [0.4, 0.5) is 5.69 Å². The van der Waals surface area contributed by atoms with Crippen LogP contribution in [-0.2, 0) is 16.0 Å². The number of nitro benzene ring substituents is 1. The van der Waals surface area contributed by atoms with Crippen LogP contribution >= 0.6 is 0 Å². The highest BCUT2D eigenvalue weighted by atomic mass is 16.6. The highest BCUT2D eigenvalue weighted by Crippen LogP contribution is 2.40. The predicted octanol–water partition coefficient (Wildman–Crippen LogP) is 5.05. The van der Waals surface area contributed by atoms with E-state index in [2.05, 4.69) is 0 Å². The molecule has 184 valence electrons. The summed E-state index contributed by atoms with van der Waals surface area (Å²) in [4.78, 5) is 38.3. The van der Waals surface area contributed by atoms with Crippen molar-refractivity contribution >= 4 is 23.1 Å². The summed E-state index contributed by atoms with van der Waals surface area (Å²) in [6, 6.07) is 21.0. The van der Waals surface area contributed by atoms with Crippen molar-refractivity contribution in [3.8, 4) is 5.75 Å². The molecule has 1 amide bonds. The Balaban J connectivity index is 1.74. The summed E-state index contributed by atoms with van der Waals surface area (Å²) in [5, 5.41) is 22.3. The van der Waals surface area contributed by atoms with E-state index in [-0.39, 0.29) is 23.6 Å². The molecule has 1 aliphatic rings. The molecule has 3 aromatic carbocycles. The van der Waals surface area contributed by atoms with Crippen molar-refractivity contribution in [1.82, 2.24) is 4.90 Å². The van der Waals surface area contributed by atoms with E-state index >= 15 is 0 Å². The molecule has 0 bridgehead atoms. The highest BCUT2D eigenvalue weighted by Gasteiger charge is 2.45. The Labute approximate surface area is 208 Å². The lowest BCUT2D eigenvalue weighted by molar-refractivity contribution is -0.384. The number of carbonyl (C=O) groups excluding carboxylic acids is 2. The van der Waals surface area contributed by atoms with Crippen molar-refractivity contribution in [3.05, 3.63) is 111 Å². The molecule has 1 unspecified atom stereocenters. The first-order valence-corrected chi connectivity index (χ1v) is 11.7. The van der Waals surface area contributed by atoms with E-state index in [4.69, 9.17) is 4.74 Å². The fourth-order valence-corrected chi connectivity index (χ4v) is 4.21. The second kappa shape index (κ2) is 10.9. The number of hydrogen-bond acceptors (Lipinski definition) is 6. The van der Waals surface area contributed by atoms with Gasteiger partial charge in [-0.05, 0) is 60.4 Å². The lowest BCUT2D eigenvalue weighted by Gasteiger charge is -2.25. The summed E-state index contributed by atoms with van der Waals surface area (Å²) in [6.45, 7) is 2.78. The molecule has 0 spiro atoms. The third kappa shape index (κ3) is 5.12. The van der Waals surface area contributed by atoms with Gasteiger partial charge in [-0.1, -0.05) is 37.3 Å². The number of aliphatic hydroxyl groups is 1. The molecule has 1 saturated heterocycles. The minimum atomic E-state index is -0.884. The number of rotatable bonds is 9.